The molecule has 0 aliphatic heterocycles. The number of hydrogen-bond acceptors (Lipinski definition) is 0. The predicted molar refractivity (Wildman–Crippen MR) is 72.1 cm³/mol. The van der Waals surface area contributed by atoms with E-state index in [1.807, 2.05) is 6.07 Å². The van der Waals surface area contributed by atoms with Gasteiger partial charge in [0.25, 0.3) is 0 Å². The standard InChI is InChI=1S/C15H11.CH2.2ClH.Zr/c1-2-6-12(7-3-1)15-10-13-8-4-5-9-14(13)11-15;;;;/h1-11H;1H2;2*1H;/q-1;;;;+2/p-2. The molecule has 0 fully saturated rings. The Morgan fingerprint density at radius 2 is 1.37 bits per heavy atom. The van der Waals surface area contributed by atoms with Crippen molar-refractivity contribution in [3.8, 4) is 11.1 Å². The molecule has 0 unspecified atom stereocenters. The van der Waals surface area contributed by atoms with Crippen molar-refractivity contribution in [2.75, 3.05) is 0 Å². The largest absolute Gasteiger partial charge is 1.00 e. The van der Waals surface area contributed by atoms with Crippen LogP contribution in [0.4, 0.5) is 0 Å². The Hall–Kier alpha value is -0.617. The molecule has 0 nitrogen and oxygen atoms in total. The van der Waals surface area contributed by atoms with Gasteiger partial charge in [-0.05, 0) is 0 Å². The van der Waals surface area contributed by atoms with E-state index in [-0.39, 0.29) is 24.8 Å². The van der Waals surface area contributed by atoms with Gasteiger partial charge in [-0.3, -0.25) is 0 Å². The van der Waals surface area contributed by atoms with Crippen molar-refractivity contribution in [3.63, 3.8) is 0 Å². The third-order valence-electron chi connectivity index (χ3n) is 2.73. The van der Waals surface area contributed by atoms with Crippen LogP contribution in [0.1, 0.15) is 0 Å². The van der Waals surface area contributed by atoms with Crippen LogP contribution in [0.5, 0.6) is 0 Å². The molecule has 0 spiro atoms. The zero-order valence-corrected chi connectivity index (χ0v) is 14.3. The Kier molecular flexibility index (Phi) is 9.01. The average Bonchev–Trinajstić information content (AvgIpc) is 2.86. The van der Waals surface area contributed by atoms with Crippen molar-refractivity contribution in [2.24, 2.45) is 0 Å². The van der Waals surface area contributed by atoms with Gasteiger partial charge < -0.3 is 24.8 Å². The van der Waals surface area contributed by atoms with Crippen molar-refractivity contribution < 1.29 is 49.0 Å². The normalized spacial score (nSPS) is 8.74. The maximum absolute atomic E-state index is 3.34. The second kappa shape index (κ2) is 9.31. The third-order valence-corrected chi connectivity index (χ3v) is 2.73. The summed E-state index contributed by atoms with van der Waals surface area (Å²) in [4.78, 5) is 0. The summed E-state index contributed by atoms with van der Waals surface area (Å²) in [6.45, 7) is 0. The molecule has 3 aromatic rings. The third kappa shape index (κ3) is 4.46. The number of benzene rings is 2. The molecule has 0 aliphatic carbocycles. The molecule has 0 aromatic heterocycles. The molecule has 3 heteroatoms. The SMILES string of the molecule is [CH2]=[Zr+2].[Cl-].[Cl-].c1ccc(-c2cc3ccccc3[cH-]2)cc1. The Bertz CT molecular complexity index is 569. The molecule has 0 atom stereocenters. The zero-order chi connectivity index (χ0) is 12.1. The Morgan fingerprint density at radius 3 is 2.00 bits per heavy atom. The molecule has 19 heavy (non-hydrogen) atoms. The smallest absolute Gasteiger partial charge is 0.0635 e. The van der Waals surface area contributed by atoms with E-state index in [0.29, 0.717) is 0 Å². The number of rotatable bonds is 1. The molecule has 0 N–H and O–H groups in total. The summed E-state index contributed by atoms with van der Waals surface area (Å²) in [7, 11) is 0. The van der Waals surface area contributed by atoms with Crippen LogP contribution in [0.15, 0.2) is 66.7 Å². The summed E-state index contributed by atoms with van der Waals surface area (Å²) in [5.74, 6) is 0. The van der Waals surface area contributed by atoms with Crippen LogP contribution in [0.2, 0.25) is 0 Å². The maximum Gasteiger partial charge on any atom is -0.0635 e. The minimum Gasteiger partial charge on any atom is -1.00 e. The van der Waals surface area contributed by atoms with Crippen molar-refractivity contribution in [2.45, 2.75) is 0 Å². The first kappa shape index (κ1) is 18.4. The van der Waals surface area contributed by atoms with Crippen molar-refractivity contribution in [1.29, 1.82) is 0 Å². The van der Waals surface area contributed by atoms with E-state index in [9.17, 15) is 0 Å². The second-order valence-corrected chi connectivity index (χ2v) is 3.74. The summed E-state index contributed by atoms with van der Waals surface area (Å²) < 4.78 is 3.34. The van der Waals surface area contributed by atoms with Gasteiger partial charge in [0.15, 0.2) is 0 Å². The summed E-state index contributed by atoms with van der Waals surface area (Å²) in [6, 6.07) is 23.4. The van der Waals surface area contributed by atoms with E-state index in [4.69, 9.17) is 0 Å². The first-order valence-corrected chi connectivity index (χ1v) is 7.23. The zero-order valence-electron chi connectivity index (χ0n) is 10.3. The van der Waals surface area contributed by atoms with E-state index >= 15 is 0 Å². The van der Waals surface area contributed by atoms with Crippen molar-refractivity contribution in [1.82, 2.24) is 0 Å². The molecule has 0 heterocycles. The molecule has 3 aromatic carbocycles. The average molecular weight is 367 g/mol. The van der Waals surface area contributed by atoms with Crippen LogP contribution in [-0.2, 0) is 24.2 Å². The van der Waals surface area contributed by atoms with E-state index in [2.05, 4.69) is 64.9 Å². The molecule has 0 saturated heterocycles. The van der Waals surface area contributed by atoms with Gasteiger partial charge >= 0.3 is 28.4 Å². The van der Waals surface area contributed by atoms with Crippen LogP contribution < -0.4 is 24.8 Å². The fourth-order valence-electron chi connectivity index (χ4n) is 1.95. The molecular weight excluding hydrogens is 354 g/mol. The van der Waals surface area contributed by atoms with Gasteiger partial charge in [0.05, 0.1) is 0 Å². The van der Waals surface area contributed by atoms with Gasteiger partial charge in [0, 0.05) is 0 Å². The number of hydrogen-bond donors (Lipinski definition) is 0. The first-order chi connectivity index (χ1) is 8.43. The summed E-state index contributed by atoms with van der Waals surface area (Å²) in [6.07, 6.45) is 0. The second-order valence-electron chi connectivity index (χ2n) is 3.74. The topological polar surface area (TPSA) is 0 Å². The van der Waals surface area contributed by atoms with Crippen LogP contribution >= 0.6 is 0 Å². The molecule has 0 radical (unpaired) electrons. The predicted octanol–water partition coefficient (Wildman–Crippen LogP) is -1.80. The Morgan fingerprint density at radius 1 is 0.789 bits per heavy atom. The van der Waals surface area contributed by atoms with E-state index in [1.165, 1.54) is 46.1 Å². The van der Waals surface area contributed by atoms with Gasteiger partial charge in [-0.25, -0.2) is 0 Å². The Labute approximate surface area is 141 Å². The number of fused-ring (bicyclic) bond motifs is 1. The maximum atomic E-state index is 3.34. The fraction of sp³-hybridized carbons (Fsp3) is 0. The van der Waals surface area contributed by atoms with E-state index in [0.717, 1.165) is 0 Å². The molecule has 96 valence electrons. The summed E-state index contributed by atoms with van der Waals surface area (Å²) in [5.41, 5.74) is 2.59. The van der Waals surface area contributed by atoms with Crippen molar-refractivity contribution in [3.05, 3.63) is 66.7 Å². The number of halogens is 2. The minimum absolute atomic E-state index is 0. The molecule has 0 amide bonds. The minimum atomic E-state index is 0. The van der Waals surface area contributed by atoms with Gasteiger partial charge in [-0.1, -0.05) is 54.1 Å². The van der Waals surface area contributed by atoms with Crippen LogP contribution in [0, 0.1) is 0 Å². The van der Waals surface area contributed by atoms with E-state index < -0.39 is 0 Å². The molecule has 0 saturated carbocycles. The van der Waals surface area contributed by atoms with Gasteiger partial charge in [-0.2, -0.15) is 0 Å². The van der Waals surface area contributed by atoms with E-state index in [1.54, 1.807) is 0 Å². The van der Waals surface area contributed by atoms with Crippen LogP contribution in [-0.4, -0.2) is 4.21 Å². The molecule has 0 bridgehead atoms. The molecular formula is C16H13Cl2Zr-. The monoisotopic (exact) mass is 365 g/mol. The fourth-order valence-corrected chi connectivity index (χ4v) is 1.95. The quantitative estimate of drug-likeness (QED) is 0.446. The molecule has 0 aliphatic rings. The van der Waals surface area contributed by atoms with Crippen LogP contribution in [0.25, 0.3) is 21.9 Å². The molecule has 3 rings (SSSR count). The van der Waals surface area contributed by atoms with Gasteiger partial charge in [-0.15, -0.1) is 34.5 Å². The summed E-state index contributed by atoms with van der Waals surface area (Å²) >= 11 is 1.30. The van der Waals surface area contributed by atoms with Gasteiger partial charge in [0.2, 0.25) is 0 Å². The van der Waals surface area contributed by atoms with Crippen LogP contribution in [0.3, 0.4) is 0 Å². The Balaban J connectivity index is 0.000000776. The van der Waals surface area contributed by atoms with Gasteiger partial charge in [0.1, 0.15) is 0 Å². The first-order valence-electron chi connectivity index (χ1n) is 5.50. The summed E-state index contributed by atoms with van der Waals surface area (Å²) in [5, 5.41) is 2.63. The van der Waals surface area contributed by atoms with Crippen molar-refractivity contribution >= 4 is 15.0 Å².